The van der Waals surface area contributed by atoms with E-state index in [1.54, 1.807) is 14.0 Å². The van der Waals surface area contributed by atoms with Crippen LogP contribution >= 0.6 is 0 Å². The molecule has 1 N–H and O–H groups in total. The number of hydrogen-bond donors (Lipinski definition) is 1. The first kappa shape index (κ1) is 12.0. The van der Waals surface area contributed by atoms with Crippen LogP contribution in [0, 0.1) is 0 Å². The van der Waals surface area contributed by atoms with Crippen LogP contribution in [0.15, 0.2) is 24.3 Å². The Labute approximate surface area is 90.6 Å². The maximum Gasteiger partial charge on any atom is 0.119 e. The summed E-state index contributed by atoms with van der Waals surface area (Å²) in [4.78, 5) is 0. The Balaban J connectivity index is 2.50. The highest BCUT2D eigenvalue weighted by Crippen LogP contribution is 2.17. The number of methoxy groups -OCH3 is 1. The molecular formula is C12H18O3. The van der Waals surface area contributed by atoms with Crippen molar-refractivity contribution in [2.45, 2.75) is 26.1 Å². The number of benzene rings is 1. The van der Waals surface area contributed by atoms with Gasteiger partial charge in [0, 0.05) is 7.11 Å². The van der Waals surface area contributed by atoms with Gasteiger partial charge in [0.1, 0.15) is 12.4 Å². The molecule has 0 aliphatic carbocycles. The quantitative estimate of drug-likeness (QED) is 0.809. The Morgan fingerprint density at radius 1 is 1.20 bits per heavy atom. The van der Waals surface area contributed by atoms with Crippen molar-refractivity contribution in [1.82, 2.24) is 0 Å². The summed E-state index contributed by atoms with van der Waals surface area (Å²) in [7, 11) is 1.66. The van der Waals surface area contributed by atoms with E-state index in [4.69, 9.17) is 9.47 Å². The molecule has 2 atom stereocenters. The Bertz CT molecular complexity index is 279. The molecule has 0 aromatic heterocycles. The lowest BCUT2D eigenvalue weighted by molar-refractivity contribution is 0.0716. The lowest BCUT2D eigenvalue weighted by atomic mass is 10.1. The smallest absolute Gasteiger partial charge is 0.119 e. The molecule has 3 nitrogen and oxygen atoms in total. The summed E-state index contributed by atoms with van der Waals surface area (Å²) in [5.41, 5.74) is 0.891. The minimum Gasteiger partial charge on any atom is -0.491 e. The molecule has 0 amide bonds. The molecule has 1 aromatic rings. The second kappa shape index (κ2) is 5.73. The SMILES string of the molecule is COC(C)COc1ccc(C(C)O)cc1. The number of hydrogen-bond acceptors (Lipinski definition) is 3. The molecule has 0 bridgehead atoms. The predicted molar refractivity (Wildman–Crippen MR) is 59.0 cm³/mol. The van der Waals surface area contributed by atoms with Gasteiger partial charge in [0.2, 0.25) is 0 Å². The largest absolute Gasteiger partial charge is 0.491 e. The first-order valence-corrected chi connectivity index (χ1v) is 5.07. The molecule has 0 fully saturated rings. The van der Waals surface area contributed by atoms with Gasteiger partial charge in [-0.25, -0.2) is 0 Å². The van der Waals surface area contributed by atoms with Crippen molar-refractivity contribution in [1.29, 1.82) is 0 Å². The van der Waals surface area contributed by atoms with E-state index in [0.29, 0.717) is 6.61 Å². The van der Waals surface area contributed by atoms with Gasteiger partial charge in [-0.05, 0) is 31.5 Å². The minimum atomic E-state index is -0.433. The predicted octanol–water partition coefficient (Wildman–Crippen LogP) is 2.15. The van der Waals surface area contributed by atoms with Crippen LogP contribution in [-0.4, -0.2) is 24.9 Å². The van der Waals surface area contributed by atoms with Gasteiger partial charge in [0.15, 0.2) is 0 Å². The third-order valence-corrected chi connectivity index (χ3v) is 2.25. The molecule has 2 unspecified atom stereocenters. The van der Waals surface area contributed by atoms with Crippen LogP contribution in [0.1, 0.15) is 25.5 Å². The lowest BCUT2D eigenvalue weighted by Crippen LogP contribution is -2.15. The lowest BCUT2D eigenvalue weighted by Gasteiger charge is -2.12. The highest BCUT2D eigenvalue weighted by molar-refractivity contribution is 5.28. The van der Waals surface area contributed by atoms with E-state index in [-0.39, 0.29) is 6.10 Å². The maximum atomic E-state index is 9.31. The van der Waals surface area contributed by atoms with Gasteiger partial charge in [-0.3, -0.25) is 0 Å². The Morgan fingerprint density at radius 2 is 1.80 bits per heavy atom. The average molecular weight is 210 g/mol. The van der Waals surface area contributed by atoms with Crippen molar-refractivity contribution < 1.29 is 14.6 Å². The fraction of sp³-hybridized carbons (Fsp3) is 0.500. The zero-order chi connectivity index (χ0) is 11.3. The number of aliphatic hydroxyl groups is 1. The Kier molecular flexibility index (Phi) is 4.59. The van der Waals surface area contributed by atoms with E-state index in [9.17, 15) is 5.11 Å². The van der Waals surface area contributed by atoms with Crippen molar-refractivity contribution in [3.05, 3.63) is 29.8 Å². The zero-order valence-electron chi connectivity index (χ0n) is 9.43. The zero-order valence-corrected chi connectivity index (χ0v) is 9.43. The van der Waals surface area contributed by atoms with Gasteiger partial charge in [0.25, 0.3) is 0 Å². The highest BCUT2D eigenvalue weighted by atomic mass is 16.5. The molecule has 0 saturated carbocycles. The van der Waals surface area contributed by atoms with Crippen molar-refractivity contribution in [2.75, 3.05) is 13.7 Å². The summed E-state index contributed by atoms with van der Waals surface area (Å²) in [5, 5.41) is 9.31. The van der Waals surface area contributed by atoms with Crippen LogP contribution in [0.3, 0.4) is 0 Å². The van der Waals surface area contributed by atoms with Crippen molar-refractivity contribution in [2.24, 2.45) is 0 Å². The summed E-state index contributed by atoms with van der Waals surface area (Å²) in [6, 6.07) is 7.42. The number of aliphatic hydroxyl groups excluding tert-OH is 1. The molecule has 0 radical (unpaired) electrons. The fourth-order valence-electron chi connectivity index (χ4n) is 1.12. The second-order valence-corrected chi connectivity index (χ2v) is 3.60. The van der Waals surface area contributed by atoms with Crippen LogP contribution in [-0.2, 0) is 4.74 Å². The molecule has 3 heteroatoms. The minimum absolute atomic E-state index is 0.0847. The molecule has 84 valence electrons. The summed E-state index contributed by atoms with van der Waals surface area (Å²) >= 11 is 0. The summed E-state index contributed by atoms with van der Waals surface area (Å²) in [5.74, 6) is 0.795. The Hall–Kier alpha value is -1.06. The van der Waals surface area contributed by atoms with Crippen molar-refractivity contribution >= 4 is 0 Å². The van der Waals surface area contributed by atoms with E-state index >= 15 is 0 Å². The van der Waals surface area contributed by atoms with E-state index < -0.39 is 6.10 Å². The van der Waals surface area contributed by atoms with Gasteiger partial charge in [-0.2, -0.15) is 0 Å². The summed E-state index contributed by atoms with van der Waals surface area (Å²) in [6.45, 7) is 4.22. The van der Waals surface area contributed by atoms with Gasteiger partial charge < -0.3 is 14.6 Å². The van der Waals surface area contributed by atoms with Crippen LogP contribution in [0.5, 0.6) is 5.75 Å². The summed E-state index contributed by atoms with van der Waals surface area (Å²) < 4.78 is 10.6. The number of ether oxygens (including phenoxy) is 2. The molecule has 0 aliphatic rings. The maximum absolute atomic E-state index is 9.31. The van der Waals surface area contributed by atoms with Crippen LogP contribution in [0.2, 0.25) is 0 Å². The van der Waals surface area contributed by atoms with Crippen LogP contribution in [0.25, 0.3) is 0 Å². The molecule has 0 aliphatic heterocycles. The van der Waals surface area contributed by atoms with E-state index in [1.807, 2.05) is 31.2 Å². The van der Waals surface area contributed by atoms with Crippen LogP contribution in [0.4, 0.5) is 0 Å². The highest BCUT2D eigenvalue weighted by Gasteiger charge is 2.02. The second-order valence-electron chi connectivity index (χ2n) is 3.60. The van der Waals surface area contributed by atoms with E-state index in [2.05, 4.69) is 0 Å². The standard InChI is InChI=1S/C12H18O3/c1-9(14-3)8-15-12-6-4-11(5-7-12)10(2)13/h4-7,9-10,13H,8H2,1-3H3. The van der Waals surface area contributed by atoms with E-state index in [0.717, 1.165) is 11.3 Å². The van der Waals surface area contributed by atoms with Crippen LogP contribution < -0.4 is 4.74 Å². The topological polar surface area (TPSA) is 38.7 Å². The van der Waals surface area contributed by atoms with Crippen molar-refractivity contribution in [3.8, 4) is 5.75 Å². The third-order valence-electron chi connectivity index (χ3n) is 2.25. The summed E-state index contributed by atoms with van der Waals surface area (Å²) in [6.07, 6.45) is -0.349. The van der Waals surface area contributed by atoms with Gasteiger partial charge in [0.05, 0.1) is 12.2 Å². The molecule has 0 heterocycles. The first-order valence-electron chi connectivity index (χ1n) is 5.07. The average Bonchev–Trinajstić information content (AvgIpc) is 2.26. The normalized spacial score (nSPS) is 14.7. The molecule has 1 aromatic carbocycles. The monoisotopic (exact) mass is 210 g/mol. The van der Waals surface area contributed by atoms with Gasteiger partial charge in [-0.1, -0.05) is 12.1 Å². The number of rotatable bonds is 5. The first-order chi connectivity index (χ1) is 7.13. The molecule has 0 saturated heterocycles. The molecule has 15 heavy (non-hydrogen) atoms. The van der Waals surface area contributed by atoms with Crippen molar-refractivity contribution in [3.63, 3.8) is 0 Å². The van der Waals surface area contributed by atoms with E-state index in [1.165, 1.54) is 0 Å². The van der Waals surface area contributed by atoms with Gasteiger partial charge in [-0.15, -0.1) is 0 Å². The third kappa shape index (κ3) is 3.90. The fourth-order valence-corrected chi connectivity index (χ4v) is 1.12. The molecular weight excluding hydrogens is 192 g/mol. The molecule has 0 spiro atoms. The Morgan fingerprint density at radius 3 is 2.27 bits per heavy atom. The molecule has 1 rings (SSSR count). The van der Waals surface area contributed by atoms with Gasteiger partial charge >= 0.3 is 0 Å².